The molecule has 2 aromatic rings. The van der Waals surface area contributed by atoms with Crippen molar-refractivity contribution in [3.63, 3.8) is 0 Å². The molecule has 0 aliphatic carbocycles. The zero-order chi connectivity index (χ0) is 13.9. The van der Waals surface area contributed by atoms with Gasteiger partial charge in [-0.1, -0.05) is 35.9 Å². The number of hydrogen-bond acceptors (Lipinski definition) is 3. The first kappa shape index (κ1) is 13.3. The summed E-state index contributed by atoms with van der Waals surface area (Å²) < 4.78 is 5.77. The lowest BCUT2D eigenvalue weighted by Crippen LogP contribution is -2.12. The summed E-state index contributed by atoms with van der Waals surface area (Å²) in [4.78, 5) is 4.67. The number of ether oxygens (including phenoxy) is 1. The van der Waals surface area contributed by atoms with Gasteiger partial charge in [0.1, 0.15) is 23.1 Å². The molecule has 1 aliphatic rings. The van der Waals surface area contributed by atoms with Gasteiger partial charge in [0.2, 0.25) is 0 Å². The van der Waals surface area contributed by atoms with E-state index in [9.17, 15) is 0 Å². The van der Waals surface area contributed by atoms with Gasteiger partial charge < -0.3 is 4.74 Å². The predicted molar refractivity (Wildman–Crippen MR) is 86.2 cm³/mol. The summed E-state index contributed by atoms with van der Waals surface area (Å²) in [7, 11) is 0. The van der Waals surface area contributed by atoms with Crippen LogP contribution >= 0.6 is 11.8 Å². The van der Waals surface area contributed by atoms with Crippen molar-refractivity contribution in [3.8, 4) is 5.75 Å². The largest absolute Gasteiger partial charge is 0.484 e. The molecule has 2 nitrogen and oxygen atoms in total. The minimum Gasteiger partial charge on any atom is -0.484 e. The molecule has 2 aromatic carbocycles. The number of thioether (sulfide) groups is 1. The first-order chi connectivity index (χ1) is 9.70. The monoisotopic (exact) mass is 283 g/mol. The minimum absolute atomic E-state index is 0.576. The van der Waals surface area contributed by atoms with Crippen LogP contribution in [0.2, 0.25) is 0 Å². The number of rotatable bonds is 2. The van der Waals surface area contributed by atoms with Crippen molar-refractivity contribution >= 4 is 22.5 Å². The Morgan fingerprint density at radius 2 is 1.80 bits per heavy atom. The van der Waals surface area contributed by atoms with Crippen molar-refractivity contribution in [2.24, 2.45) is 4.99 Å². The zero-order valence-corrected chi connectivity index (χ0v) is 12.5. The van der Waals surface area contributed by atoms with E-state index in [1.807, 2.05) is 12.1 Å². The Labute approximate surface area is 123 Å². The van der Waals surface area contributed by atoms with E-state index in [2.05, 4.69) is 49.2 Å². The summed E-state index contributed by atoms with van der Waals surface area (Å²) >= 11 is 1.75. The van der Waals surface area contributed by atoms with Crippen molar-refractivity contribution in [3.05, 3.63) is 59.2 Å². The lowest BCUT2D eigenvalue weighted by Gasteiger charge is -2.17. The van der Waals surface area contributed by atoms with Gasteiger partial charge >= 0.3 is 0 Å². The molecule has 20 heavy (non-hydrogen) atoms. The Morgan fingerprint density at radius 1 is 1.05 bits per heavy atom. The molecule has 0 aromatic heterocycles. The van der Waals surface area contributed by atoms with Crippen LogP contribution in [0, 0.1) is 13.8 Å². The first-order valence-electron chi connectivity index (χ1n) is 6.70. The molecule has 3 rings (SSSR count). The third kappa shape index (κ3) is 3.05. The van der Waals surface area contributed by atoms with E-state index in [0.29, 0.717) is 6.61 Å². The average Bonchev–Trinajstić information content (AvgIpc) is 2.46. The highest BCUT2D eigenvalue weighted by Gasteiger charge is 2.13. The molecule has 0 saturated carbocycles. The van der Waals surface area contributed by atoms with E-state index < -0.39 is 0 Å². The number of nitrogens with zero attached hydrogens (tertiary/aromatic N) is 1. The molecule has 102 valence electrons. The van der Waals surface area contributed by atoms with E-state index in [1.165, 1.54) is 16.7 Å². The predicted octanol–water partition coefficient (Wildman–Crippen LogP) is 4.66. The maximum Gasteiger partial charge on any atom is 0.145 e. The van der Waals surface area contributed by atoms with Crippen molar-refractivity contribution in [1.29, 1.82) is 0 Å². The Balaban J connectivity index is 1.70. The van der Waals surface area contributed by atoms with Crippen LogP contribution in [0.1, 0.15) is 16.7 Å². The summed E-state index contributed by atoms with van der Waals surface area (Å²) in [6, 6.07) is 14.8. The molecule has 0 amide bonds. The van der Waals surface area contributed by atoms with Gasteiger partial charge in [0.05, 0.1) is 0 Å². The van der Waals surface area contributed by atoms with Gasteiger partial charge in [-0.25, -0.2) is 4.99 Å². The third-order valence-corrected chi connectivity index (χ3v) is 4.26. The molecule has 0 unspecified atom stereocenters. The minimum atomic E-state index is 0.576. The van der Waals surface area contributed by atoms with Crippen LogP contribution in [0.15, 0.2) is 47.5 Å². The Bertz CT molecular complexity index is 647. The van der Waals surface area contributed by atoms with Crippen molar-refractivity contribution in [2.45, 2.75) is 19.6 Å². The van der Waals surface area contributed by atoms with Crippen molar-refractivity contribution in [1.82, 2.24) is 0 Å². The highest BCUT2D eigenvalue weighted by atomic mass is 32.2. The van der Waals surface area contributed by atoms with Crippen LogP contribution in [0.5, 0.6) is 5.75 Å². The molecule has 3 heteroatoms. The molecule has 0 saturated heterocycles. The second-order valence-corrected chi connectivity index (χ2v) is 6.09. The average molecular weight is 283 g/mol. The third-order valence-electron chi connectivity index (χ3n) is 3.24. The van der Waals surface area contributed by atoms with Gasteiger partial charge in [0.25, 0.3) is 0 Å². The molecule has 0 fully saturated rings. The number of aryl methyl sites for hydroxylation is 2. The highest BCUT2D eigenvalue weighted by molar-refractivity contribution is 8.13. The fraction of sp³-hybridized carbons (Fsp3) is 0.235. The summed E-state index contributed by atoms with van der Waals surface area (Å²) in [5, 5.41) is 1.04. The van der Waals surface area contributed by atoms with E-state index in [1.54, 1.807) is 11.8 Å². The smallest absolute Gasteiger partial charge is 0.145 e. The molecule has 0 atom stereocenters. The van der Waals surface area contributed by atoms with Gasteiger partial charge in [0.15, 0.2) is 0 Å². The SMILES string of the molecule is Cc1ccc(CSC2=Nc3ccc(C)cc3OC2)cc1. The Kier molecular flexibility index (Phi) is 3.79. The molecular weight excluding hydrogens is 266 g/mol. The normalized spacial score (nSPS) is 13.4. The van der Waals surface area contributed by atoms with Gasteiger partial charge in [-0.15, -0.1) is 11.8 Å². The van der Waals surface area contributed by atoms with Gasteiger partial charge in [-0.05, 0) is 37.1 Å². The second-order valence-electron chi connectivity index (χ2n) is 5.04. The quantitative estimate of drug-likeness (QED) is 0.799. The summed E-state index contributed by atoms with van der Waals surface area (Å²) in [5.41, 5.74) is 4.75. The standard InChI is InChI=1S/C17H17NOS/c1-12-3-6-14(7-4-12)11-20-17-10-19-16-9-13(2)5-8-15(16)18-17/h3-9H,10-11H2,1-2H3. The van der Waals surface area contributed by atoms with E-state index in [0.717, 1.165) is 22.2 Å². The van der Waals surface area contributed by atoms with E-state index in [-0.39, 0.29) is 0 Å². The van der Waals surface area contributed by atoms with Crippen LogP contribution in [-0.4, -0.2) is 11.7 Å². The van der Waals surface area contributed by atoms with Crippen molar-refractivity contribution < 1.29 is 4.74 Å². The van der Waals surface area contributed by atoms with Crippen LogP contribution in [0.25, 0.3) is 0 Å². The summed E-state index contributed by atoms with van der Waals surface area (Å²) in [5.74, 6) is 1.83. The number of fused-ring (bicyclic) bond motifs is 1. The second kappa shape index (κ2) is 5.71. The fourth-order valence-corrected chi connectivity index (χ4v) is 2.89. The van der Waals surface area contributed by atoms with E-state index in [4.69, 9.17) is 4.74 Å². The molecule has 0 radical (unpaired) electrons. The maximum absolute atomic E-state index is 5.77. The number of aliphatic imine (C=N–C) groups is 1. The summed E-state index contributed by atoms with van der Waals surface area (Å²) in [6.45, 7) is 4.75. The fourth-order valence-electron chi connectivity index (χ4n) is 2.06. The molecular formula is C17H17NOS. The number of hydrogen-bond donors (Lipinski definition) is 0. The summed E-state index contributed by atoms with van der Waals surface area (Å²) in [6.07, 6.45) is 0. The maximum atomic E-state index is 5.77. The lowest BCUT2D eigenvalue weighted by atomic mass is 10.2. The molecule has 0 spiro atoms. The van der Waals surface area contributed by atoms with Gasteiger partial charge in [-0.3, -0.25) is 0 Å². The van der Waals surface area contributed by atoms with Gasteiger partial charge in [-0.2, -0.15) is 0 Å². The zero-order valence-electron chi connectivity index (χ0n) is 11.7. The number of benzene rings is 2. The molecule has 0 bridgehead atoms. The van der Waals surface area contributed by atoms with Gasteiger partial charge in [0, 0.05) is 5.75 Å². The first-order valence-corrected chi connectivity index (χ1v) is 7.68. The van der Waals surface area contributed by atoms with E-state index >= 15 is 0 Å². The molecule has 1 heterocycles. The molecule has 0 N–H and O–H groups in total. The topological polar surface area (TPSA) is 21.6 Å². The lowest BCUT2D eigenvalue weighted by molar-refractivity contribution is 0.375. The Morgan fingerprint density at radius 3 is 2.60 bits per heavy atom. The van der Waals surface area contributed by atoms with Crippen LogP contribution < -0.4 is 4.74 Å². The van der Waals surface area contributed by atoms with Crippen LogP contribution in [0.3, 0.4) is 0 Å². The van der Waals surface area contributed by atoms with Crippen LogP contribution in [-0.2, 0) is 5.75 Å². The molecule has 1 aliphatic heterocycles. The van der Waals surface area contributed by atoms with Crippen LogP contribution in [0.4, 0.5) is 5.69 Å². The Hall–Kier alpha value is -1.74. The van der Waals surface area contributed by atoms with Crippen molar-refractivity contribution in [2.75, 3.05) is 6.61 Å². The highest BCUT2D eigenvalue weighted by Crippen LogP contribution is 2.33.